The van der Waals surface area contributed by atoms with Crippen LogP contribution < -0.4 is 4.90 Å². The smallest absolute Gasteiger partial charge is 0.310 e. The fraction of sp³-hybridized carbons (Fsp3) is 0.545. The molecule has 0 spiro atoms. The maximum atomic E-state index is 12.9. The van der Waals surface area contributed by atoms with Crippen LogP contribution in [0.15, 0.2) is 28.7 Å². The van der Waals surface area contributed by atoms with Crippen molar-refractivity contribution in [3.05, 3.63) is 28.7 Å². The minimum atomic E-state index is -0.494. The van der Waals surface area contributed by atoms with E-state index >= 15 is 0 Å². The van der Waals surface area contributed by atoms with E-state index in [9.17, 15) is 19.2 Å². The van der Waals surface area contributed by atoms with E-state index in [2.05, 4.69) is 15.9 Å². The molecule has 0 bridgehead atoms. The van der Waals surface area contributed by atoms with Gasteiger partial charge in [0.2, 0.25) is 17.7 Å². The standard InChI is InChI=1S/C22H28BrN3O5/c1-3-31-22(30)15-7-6-10-25(12-15)20(28)14-24(2)21(29)16-11-19(27)26(13-16)18-9-5-4-8-17(18)23/h4-5,8-9,15-16H,3,6-7,10-14H2,1-2H3. The molecule has 1 aromatic rings. The summed E-state index contributed by atoms with van der Waals surface area (Å²) in [4.78, 5) is 54.8. The molecule has 0 N–H and O–H groups in total. The van der Waals surface area contributed by atoms with Crippen molar-refractivity contribution in [1.82, 2.24) is 9.80 Å². The minimum Gasteiger partial charge on any atom is -0.466 e. The molecule has 168 valence electrons. The summed E-state index contributed by atoms with van der Waals surface area (Å²) in [7, 11) is 1.58. The van der Waals surface area contributed by atoms with E-state index < -0.39 is 5.92 Å². The van der Waals surface area contributed by atoms with Crippen LogP contribution in [-0.4, -0.2) is 73.3 Å². The Morgan fingerprint density at radius 1 is 1.19 bits per heavy atom. The van der Waals surface area contributed by atoms with Crippen LogP contribution in [0.4, 0.5) is 5.69 Å². The number of halogens is 1. The van der Waals surface area contributed by atoms with E-state index in [0.717, 1.165) is 16.6 Å². The maximum absolute atomic E-state index is 12.9. The lowest BCUT2D eigenvalue weighted by Crippen LogP contribution is -2.48. The highest BCUT2D eigenvalue weighted by atomic mass is 79.9. The van der Waals surface area contributed by atoms with Crippen molar-refractivity contribution in [3.8, 4) is 0 Å². The molecular formula is C22H28BrN3O5. The third-order valence-corrected chi connectivity index (χ3v) is 6.43. The molecular weight excluding hydrogens is 466 g/mol. The van der Waals surface area contributed by atoms with Gasteiger partial charge in [0.15, 0.2) is 0 Å². The number of ether oxygens (including phenoxy) is 1. The molecule has 31 heavy (non-hydrogen) atoms. The molecule has 0 aromatic heterocycles. The fourth-order valence-electron chi connectivity index (χ4n) is 4.13. The monoisotopic (exact) mass is 493 g/mol. The number of likely N-dealkylation sites (N-methyl/N-ethyl adjacent to an activating group) is 1. The molecule has 9 heteroatoms. The lowest BCUT2D eigenvalue weighted by molar-refractivity contribution is -0.152. The van der Waals surface area contributed by atoms with Crippen LogP contribution in [0.3, 0.4) is 0 Å². The number of piperidine rings is 1. The molecule has 3 rings (SSSR count). The number of anilines is 1. The van der Waals surface area contributed by atoms with Crippen LogP contribution >= 0.6 is 15.9 Å². The molecule has 2 aliphatic rings. The summed E-state index contributed by atoms with van der Waals surface area (Å²) in [5.74, 6) is -1.62. The lowest BCUT2D eigenvalue weighted by Gasteiger charge is -2.33. The van der Waals surface area contributed by atoms with E-state index in [1.807, 2.05) is 24.3 Å². The Morgan fingerprint density at radius 3 is 2.65 bits per heavy atom. The summed E-state index contributed by atoms with van der Waals surface area (Å²) in [6.45, 7) is 3.17. The number of carbonyl (C=O) groups excluding carboxylic acids is 4. The van der Waals surface area contributed by atoms with Crippen LogP contribution in [-0.2, 0) is 23.9 Å². The van der Waals surface area contributed by atoms with Crippen LogP contribution in [0, 0.1) is 11.8 Å². The van der Waals surface area contributed by atoms with Gasteiger partial charge in [-0.15, -0.1) is 0 Å². The summed E-state index contributed by atoms with van der Waals surface area (Å²) in [6.07, 6.45) is 1.55. The van der Waals surface area contributed by atoms with E-state index in [0.29, 0.717) is 26.1 Å². The molecule has 2 fully saturated rings. The Bertz CT molecular complexity index is 861. The highest BCUT2D eigenvalue weighted by Gasteiger charge is 2.38. The second-order valence-electron chi connectivity index (χ2n) is 7.98. The Kier molecular flexibility index (Phi) is 7.69. The third kappa shape index (κ3) is 5.44. The van der Waals surface area contributed by atoms with E-state index in [1.54, 1.807) is 23.8 Å². The lowest BCUT2D eigenvalue weighted by atomic mass is 9.98. The van der Waals surface area contributed by atoms with Gasteiger partial charge in [0, 0.05) is 37.6 Å². The Balaban J connectivity index is 1.57. The van der Waals surface area contributed by atoms with E-state index in [1.165, 1.54) is 4.90 Å². The van der Waals surface area contributed by atoms with Gasteiger partial charge in [0.1, 0.15) is 0 Å². The van der Waals surface area contributed by atoms with Crippen molar-refractivity contribution < 1.29 is 23.9 Å². The first-order valence-electron chi connectivity index (χ1n) is 10.6. The molecule has 2 unspecified atom stereocenters. The van der Waals surface area contributed by atoms with Gasteiger partial charge in [0.05, 0.1) is 30.7 Å². The number of benzene rings is 1. The molecule has 0 saturated carbocycles. The van der Waals surface area contributed by atoms with Crippen molar-refractivity contribution in [3.63, 3.8) is 0 Å². The van der Waals surface area contributed by atoms with Gasteiger partial charge < -0.3 is 19.4 Å². The quantitative estimate of drug-likeness (QED) is 0.566. The van der Waals surface area contributed by atoms with E-state index in [-0.39, 0.29) is 49.1 Å². The number of hydrogen-bond acceptors (Lipinski definition) is 5. The molecule has 2 saturated heterocycles. The predicted molar refractivity (Wildman–Crippen MR) is 118 cm³/mol. The second kappa shape index (κ2) is 10.3. The zero-order valence-corrected chi connectivity index (χ0v) is 19.5. The summed E-state index contributed by atoms with van der Waals surface area (Å²) in [5, 5.41) is 0. The first kappa shape index (κ1) is 23.2. The number of nitrogens with zero attached hydrogens (tertiary/aromatic N) is 3. The van der Waals surface area contributed by atoms with Gasteiger partial charge >= 0.3 is 5.97 Å². The molecule has 0 radical (unpaired) electrons. The van der Waals surface area contributed by atoms with Crippen molar-refractivity contribution in [2.24, 2.45) is 11.8 Å². The molecule has 0 aliphatic carbocycles. The zero-order valence-electron chi connectivity index (χ0n) is 17.9. The van der Waals surface area contributed by atoms with Crippen molar-refractivity contribution in [2.75, 3.05) is 44.7 Å². The van der Waals surface area contributed by atoms with Crippen molar-refractivity contribution in [2.45, 2.75) is 26.2 Å². The Labute approximate surface area is 190 Å². The van der Waals surface area contributed by atoms with Gasteiger partial charge in [-0.3, -0.25) is 19.2 Å². The van der Waals surface area contributed by atoms with E-state index in [4.69, 9.17) is 4.74 Å². The van der Waals surface area contributed by atoms with Gasteiger partial charge in [0.25, 0.3) is 0 Å². The van der Waals surface area contributed by atoms with Crippen LogP contribution in [0.25, 0.3) is 0 Å². The summed E-state index contributed by atoms with van der Waals surface area (Å²) in [5.41, 5.74) is 0.736. The molecule has 2 atom stereocenters. The number of hydrogen-bond donors (Lipinski definition) is 0. The highest BCUT2D eigenvalue weighted by molar-refractivity contribution is 9.10. The first-order valence-corrected chi connectivity index (χ1v) is 11.3. The van der Waals surface area contributed by atoms with Crippen molar-refractivity contribution in [1.29, 1.82) is 0 Å². The second-order valence-corrected chi connectivity index (χ2v) is 8.84. The summed E-state index contributed by atoms with van der Waals surface area (Å²) in [6, 6.07) is 7.39. The van der Waals surface area contributed by atoms with Gasteiger partial charge in [-0.05, 0) is 47.8 Å². The molecule has 2 aliphatic heterocycles. The maximum Gasteiger partial charge on any atom is 0.310 e. The molecule has 8 nitrogen and oxygen atoms in total. The number of para-hydroxylation sites is 1. The number of amides is 3. The number of esters is 1. The fourth-order valence-corrected chi connectivity index (χ4v) is 4.62. The normalized spacial score (nSPS) is 21.2. The average molecular weight is 494 g/mol. The minimum absolute atomic E-state index is 0.0753. The first-order chi connectivity index (χ1) is 14.8. The largest absolute Gasteiger partial charge is 0.466 e. The van der Waals surface area contributed by atoms with Gasteiger partial charge in [-0.2, -0.15) is 0 Å². The number of likely N-dealkylation sites (tertiary alicyclic amines) is 1. The predicted octanol–water partition coefficient (Wildman–Crippen LogP) is 2.06. The number of carbonyl (C=O) groups is 4. The van der Waals surface area contributed by atoms with Crippen LogP contribution in [0.1, 0.15) is 26.2 Å². The van der Waals surface area contributed by atoms with Crippen LogP contribution in [0.5, 0.6) is 0 Å². The molecule has 1 aromatic carbocycles. The average Bonchev–Trinajstić information content (AvgIpc) is 3.15. The Morgan fingerprint density at radius 2 is 1.94 bits per heavy atom. The SMILES string of the molecule is CCOC(=O)C1CCCN(C(=O)CN(C)C(=O)C2CC(=O)N(c3ccccc3Br)C2)C1. The van der Waals surface area contributed by atoms with Gasteiger partial charge in [-0.1, -0.05) is 12.1 Å². The summed E-state index contributed by atoms with van der Waals surface area (Å²) >= 11 is 3.45. The topological polar surface area (TPSA) is 87.2 Å². The molecule has 3 amide bonds. The number of rotatable bonds is 6. The van der Waals surface area contributed by atoms with Gasteiger partial charge in [-0.25, -0.2) is 0 Å². The highest BCUT2D eigenvalue weighted by Crippen LogP contribution is 2.31. The third-order valence-electron chi connectivity index (χ3n) is 5.76. The zero-order chi connectivity index (χ0) is 22.5. The Hall–Kier alpha value is -2.42. The van der Waals surface area contributed by atoms with Crippen LogP contribution in [0.2, 0.25) is 0 Å². The van der Waals surface area contributed by atoms with Crippen molar-refractivity contribution >= 4 is 45.3 Å². The molecule has 2 heterocycles. The summed E-state index contributed by atoms with van der Waals surface area (Å²) < 4.78 is 5.87.